The molecular weight excluding hydrogens is 170 g/mol. The molecule has 2 heterocycles. The van der Waals surface area contributed by atoms with Gasteiger partial charge in [-0.3, -0.25) is 0 Å². The Hall–Kier alpha value is -1.98. The first-order valence-electron chi connectivity index (χ1n) is 3.64. The summed E-state index contributed by atoms with van der Waals surface area (Å²) in [6.45, 7) is 0. The molecule has 0 aromatic carbocycles. The number of pyridine rings is 1. The molecule has 0 saturated carbocycles. The first kappa shape index (κ1) is 7.66. The highest BCUT2D eigenvalue weighted by Crippen LogP contribution is 2.16. The van der Waals surface area contributed by atoms with Gasteiger partial charge in [0.1, 0.15) is 0 Å². The molecule has 2 aromatic heterocycles. The van der Waals surface area contributed by atoms with Crippen LogP contribution in [0.2, 0.25) is 0 Å². The molecule has 6 heteroatoms. The number of hydrogen-bond donors (Lipinski definition) is 1. The summed E-state index contributed by atoms with van der Waals surface area (Å²) in [7, 11) is 1.56. The summed E-state index contributed by atoms with van der Waals surface area (Å²) in [5.41, 5.74) is 0.820. The number of ether oxygens (including phenoxy) is 1. The van der Waals surface area contributed by atoms with E-state index in [9.17, 15) is 0 Å². The van der Waals surface area contributed by atoms with Crippen LogP contribution in [-0.2, 0) is 0 Å². The van der Waals surface area contributed by atoms with E-state index in [1.165, 1.54) is 0 Å². The molecule has 0 saturated heterocycles. The molecule has 0 amide bonds. The minimum atomic E-state index is 0.528. The van der Waals surface area contributed by atoms with Gasteiger partial charge in [0.05, 0.1) is 7.11 Å². The summed E-state index contributed by atoms with van der Waals surface area (Å²) in [5, 5.41) is 13.5. The highest BCUT2D eigenvalue weighted by atomic mass is 16.5. The molecule has 0 fully saturated rings. The van der Waals surface area contributed by atoms with Crippen molar-refractivity contribution >= 4 is 0 Å². The van der Waals surface area contributed by atoms with Gasteiger partial charge in [0.15, 0.2) is 0 Å². The van der Waals surface area contributed by atoms with E-state index in [2.05, 4.69) is 25.6 Å². The number of H-pyrrole nitrogens is 1. The van der Waals surface area contributed by atoms with Crippen molar-refractivity contribution in [1.82, 2.24) is 25.6 Å². The zero-order chi connectivity index (χ0) is 9.10. The van der Waals surface area contributed by atoms with Crippen molar-refractivity contribution in [3.05, 3.63) is 18.3 Å². The average molecular weight is 177 g/mol. The first-order valence-corrected chi connectivity index (χ1v) is 3.64. The number of aromatic nitrogens is 5. The van der Waals surface area contributed by atoms with E-state index in [1.807, 2.05) is 0 Å². The molecule has 0 bridgehead atoms. The Labute approximate surface area is 74.0 Å². The lowest BCUT2D eigenvalue weighted by molar-refractivity contribution is 0.398. The van der Waals surface area contributed by atoms with E-state index >= 15 is 0 Å². The van der Waals surface area contributed by atoms with Crippen molar-refractivity contribution in [2.45, 2.75) is 0 Å². The topological polar surface area (TPSA) is 76.6 Å². The number of nitrogens with zero attached hydrogens (tertiary/aromatic N) is 4. The lowest BCUT2D eigenvalue weighted by atomic mass is 10.2. The van der Waals surface area contributed by atoms with Crippen LogP contribution in [0.5, 0.6) is 5.88 Å². The van der Waals surface area contributed by atoms with Gasteiger partial charge in [0.25, 0.3) is 0 Å². The van der Waals surface area contributed by atoms with Gasteiger partial charge in [0, 0.05) is 17.8 Å². The third kappa shape index (κ3) is 1.46. The van der Waals surface area contributed by atoms with Crippen LogP contribution in [0.1, 0.15) is 0 Å². The van der Waals surface area contributed by atoms with Gasteiger partial charge in [0.2, 0.25) is 11.7 Å². The van der Waals surface area contributed by atoms with Gasteiger partial charge in [-0.2, -0.15) is 5.21 Å². The third-order valence-electron chi connectivity index (χ3n) is 1.55. The number of methoxy groups -OCH3 is 1. The number of hydrogen-bond acceptors (Lipinski definition) is 5. The molecule has 0 atom stereocenters. The minimum Gasteiger partial charge on any atom is -0.481 e. The van der Waals surface area contributed by atoms with Gasteiger partial charge in [-0.25, -0.2) is 4.98 Å². The smallest absolute Gasteiger partial charge is 0.213 e. The second-order valence-corrected chi connectivity index (χ2v) is 2.32. The summed E-state index contributed by atoms with van der Waals surface area (Å²) in [4.78, 5) is 3.96. The van der Waals surface area contributed by atoms with Crippen molar-refractivity contribution in [3.8, 4) is 17.3 Å². The molecule has 66 valence electrons. The largest absolute Gasteiger partial charge is 0.481 e. The molecule has 2 aromatic rings. The highest BCUT2D eigenvalue weighted by molar-refractivity contribution is 5.54. The normalized spacial score (nSPS) is 9.92. The monoisotopic (exact) mass is 177 g/mol. The van der Waals surface area contributed by atoms with Crippen molar-refractivity contribution in [3.63, 3.8) is 0 Å². The maximum absolute atomic E-state index is 4.96. The standard InChI is InChI=1S/C7H7N5O/c1-13-6-4-5(2-3-8-6)7-9-11-12-10-7/h2-4H,1H3,(H,9,10,11,12). The Bertz CT molecular complexity index is 386. The van der Waals surface area contributed by atoms with E-state index in [-0.39, 0.29) is 0 Å². The molecule has 0 spiro atoms. The Kier molecular flexibility index (Phi) is 1.87. The number of aromatic amines is 1. The van der Waals surface area contributed by atoms with Crippen LogP contribution < -0.4 is 4.74 Å². The van der Waals surface area contributed by atoms with Crippen molar-refractivity contribution in [2.24, 2.45) is 0 Å². The molecule has 6 nitrogen and oxygen atoms in total. The Morgan fingerprint density at radius 1 is 1.46 bits per heavy atom. The lowest BCUT2D eigenvalue weighted by Gasteiger charge is -1.98. The predicted molar refractivity (Wildman–Crippen MR) is 44.0 cm³/mol. The predicted octanol–water partition coefficient (Wildman–Crippen LogP) is 0.270. The van der Waals surface area contributed by atoms with Crippen LogP contribution >= 0.6 is 0 Å². The summed E-state index contributed by atoms with van der Waals surface area (Å²) in [5.74, 6) is 1.06. The fraction of sp³-hybridized carbons (Fsp3) is 0.143. The quantitative estimate of drug-likeness (QED) is 0.712. The number of tetrazole rings is 1. The van der Waals surface area contributed by atoms with E-state index < -0.39 is 0 Å². The molecule has 0 unspecified atom stereocenters. The van der Waals surface area contributed by atoms with E-state index in [1.54, 1.807) is 25.4 Å². The van der Waals surface area contributed by atoms with Gasteiger partial charge in [-0.15, -0.1) is 10.2 Å². The molecular formula is C7H7N5O. The number of nitrogens with one attached hydrogen (secondary N) is 1. The third-order valence-corrected chi connectivity index (χ3v) is 1.55. The van der Waals surface area contributed by atoms with Crippen LogP contribution in [0.15, 0.2) is 18.3 Å². The average Bonchev–Trinajstić information content (AvgIpc) is 2.71. The van der Waals surface area contributed by atoms with Gasteiger partial charge in [-0.05, 0) is 11.3 Å². The van der Waals surface area contributed by atoms with Crippen LogP contribution in [0.4, 0.5) is 0 Å². The molecule has 0 aliphatic heterocycles. The second-order valence-electron chi connectivity index (χ2n) is 2.32. The first-order chi connectivity index (χ1) is 6.40. The van der Waals surface area contributed by atoms with Gasteiger partial charge in [-0.1, -0.05) is 0 Å². The van der Waals surface area contributed by atoms with Gasteiger partial charge < -0.3 is 4.74 Å². The van der Waals surface area contributed by atoms with Crippen LogP contribution in [-0.4, -0.2) is 32.7 Å². The molecule has 0 aliphatic carbocycles. The fourth-order valence-electron chi connectivity index (χ4n) is 0.944. The second kappa shape index (κ2) is 3.18. The van der Waals surface area contributed by atoms with Crippen LogP contribution in [0.25, 0.3) is 11.4 Å². The SMILES string of the molecule is COc1cc(-c2nn[nH]n2)ccn1. The Morgan fingerprint density at radius 2 is 2.38 bits per heavy atom. The minimum absolute atomic E-state index is 0.528. The summed E-state index contributed by atoms with van der Waals surface area (Å²) in [6.07, 6.45) is 1.63. The maximum Gasteiger partial charge on any atom is 0.213 e. The lowest BCUT2D eigenvalue weighted by Crippen LogP contribution is -1.88. The van der Waals surface area contributed by atoms with Crippen LogP contribution in [0, 0.1) is 0 Å². The molecule has 0 aliphatic rings. The molecule has 13 heavy (non-hydrogen) atoms. The number of rotatable bonds is 2. The summed E-state index contributed by atoms with van der Waals surface area (Å²) < 4.78 is 4.96. The maximum atomic E-state index is 4.96. The zero-order valence-corrected chi connectivity index (χ0v) is 6.93. The summed E-state index contributed by atoms with van der Waals surface area (Å²) in [6, 6.07) is 3.53. The van der Waals surface area contributed by atoms with Crippen molar-refractivity contribution in [2.75, 3.05) is 7.11 Å². The molecule has 2 rings (SSSR count). The Balaban J connectivity index is 2.41. The highest BCUT2D eigenvalue weighted by Gasteiger charge is 2.03. The van der Waals surface area contributed by atoms with E-state index in [4.69, 9.17) is 4.74 Å². The van der Waals surface area contributed by atoms with Crippen molar-refractivity contribution in [1.29, 1.82) is 0 Å². The van der Waals surface area contributed by atoms with Crippen LogP contribution in [0.3, 0.4) is 0 Å². The van der Waals surface area contributed by atoms with E-state index in [0.29, 0.717) is 11.7 Å². The molecule has 1 N–H and O–H groups in total. The van der Waals surface area contributed by atoms with E-state index in [0.717, 1.165) is 5.56 Å². The zero-order valence-electron chi connectivity index (χ0n) is 6.93. The molecule has 0 radical (unpaired) electrons. The summed E-state index contributed by atoms with van der Waals surface area (Å²) >= 11 is 0. The Morgan fingerprint density at radius 3 is 3.08 bits per heavy atom. The van der Waals surface area contributed by atoms with Crippen molar-refractivity contribution < 1.29 is 4.74 Å². The van der Waals surface area contributed by atoms with Gasteiger partial charge >= 0.3 is 0 Å². The fourth-order valence-corrected chi connectivity index (χ4v) is 0.944.